The minimum Gasteiger partial charge on any atom is -0.462 e. The highest BCUT2D eigenvalue weighted by Gasteiger charge is 2.29. The van der Waals surface area contributed by atoms with Gasteiger partial charge in [-0.2, -0.15) is 0 Å². The lowest BCUT2D eigenvalue weighted by molar-refractivity contribution is 0.0505. The van der Waals surface area contributed by atoms with E-state index in [2.05, 4.69) is 12.2 Å². The maximum Gasteiger partial charge on any atom is 0.341 e. The normalized spacial score (nSPS) is 16.0. The van der Waals surface area contributed by atoms with Gasteiger partial charge >= 0.3 is 5.97 Å². The predicted molar refractivity (Wildman–Crippen MR) is 105 cm³/mol. The molecule has 0 saturated heterocycles. The van der Waals surface area contributed by atoms with Gasteiger partial charge in [-0.1, -0.05) is 31.5 Å². The van der Waals surface area contributed by atoms with Gasteiger partial charge in [0.2, 0.25) is 0 Å². The summed E-state index contributed by atoms with van der Waals surface area (Å²) in [5, 5.41) is 3.58. The molecule has 3 rings (SSSR count). The van der Waals surface area contributed by atoms with Crippen LogP contribution in [0, 0.1) is 12.8 Å². The van der Waals surface area contributed by atoms with E-state index >= 15 is 0 Å². The fraction of sp³-hybridized carbons (Fsp3) is 0.429. The van der Waals surface area contributed by atoms with Crippen molar-refractivity contribution < 1.29 is 14.3 Å². The van der Waals surface area contributed by atoms with Crippen molar-refractivity contribution >= 4 is 28.2 Å². The van der Waals surface area contributed by atoms with E-state index in [1.165, 1.54) is 16.2 Å². The van der Waals surface area contributed by atoms with Gasteiger partial charge in [0, 0.05) is 10.4 Å². The lowest BCUT2D eigenvalue weighted by atomic mass is 9.88. The summed E-state index contributed by atoms with van der Waals surface area (Å²) in [5.74, 6) is 0.0839. The molecular formula is C21H25NO3S. The number of esters is 1. The maximum atomic E-state index is 12.6. The lowest BCUT2D eigenvalue weighted by Gasteiger charge is -2.18. The first-order valence-corrected chi connectivity index (χ1v) is 10.0. The number of ether oxygens (including phenoxy) is 1. The summed E-state index contributed by atoms with van der Waals surface area (Å²) in [6.45, 7) is 6.57. The predicted octanol–water partition coefficient (Wildman–Crippen LogP) is 5.00. The van der Waals surface area contributed by atoms with Gasteiger partial charge in [0.05, 0.1) is 12.2 Å². The molecule has 4 nitrogen and oxygen atoms in total. The summed E-state index contributed by atoms with van der Waals surface area (Å²) in [7, 11) is 0. The second-order valence-corrected chi connectivity index (χ2v) is 8.12. The van der Waals surface area contributed by atoms with Gasteiger partial charge in [0.1, 0.15) is 5.00 Å². The molecule has 1 N–H and O–H groups in total. The molecular weight excluding hydrogens is 346 g/mol. The molecule has 1 aromatic heterocycles. The van der Waals surface area contributed by atoms with Crippen molar-refractivity contribution in [3.8, 4) is 0 Å². The first-order chi connectivity index (χ1) is 12.5. The van der Waals surface area contributed by atoms with Crippen molar-refractivity contribution in [2.45, 2.75) is 46.5 Å². The van der Waals surface area contributed by atoms with Gasteiger partial charge in [-0.25, -0.2) is 4.79 Å². The van der Waals surface area contributed by atoms with Gasteiger partial charge < -0.3 is 10.1 Å². The first-order valence-electron chi connectivity index (χ1n) is 9.19. The van der Waals surface area contributed by atoms with Crippen LogP contribution >= 0.6 is 11.3 Å². The average Bonchev–Trinajstić information content (AvgIpc) is 2.97. The van der Waals surface area contributed by atoms with Crippen molar-refractivity contribution in [1.82, 2.24) is 0 Å². The molecule has 1 heterocycles. The second kappa shape index (κ2) is 8.04. The summed E-state index contributed by atoms with van der Waals surface area (Å²) in [4.78, 5) is 26.5. The number of hydrogen-bond donors (Lipinski definition) is 1. The molecule has 1 unspecified atom stereocenters. The molecule has 1 aliphatic rings. The third-order valence-electron chi connectivity index (χ3n) is 4.69. The molecule has 0 bridgehead atoms. The van der Waals surface area contributed by atoms with E-state index in [9.17, 15) is 9.59 Å². The van der Waals surface area contributed by atoms with E-state index in [4.69, 9.17) is 4.74 Å². The van der Waals surface area contributed by atoms with Crippen LogP contribution in [0.3, 0.4) is 0 Å². The molecule has 1 aliphatic carbocycles. The van der Waals surface area contributed by atoms with Crippen molar-refractivity contribution in [2.75, 3.05) is 11.9 Å². The second-order valence-electron chi connectivity index (χ2n) is 7.01. The van der Waals surface area contributed by atoms with E-state index in [1.807, 2.05) is 26.0 Å². The van der Waals surface area contributed by atoms with Gasteiger partial charge in [-0.15, -0.1) is 11.3 Å². The van der Waals surface area contributed by atoms with Gasteiger partial charge in [0.15, 0.2) is 0 Å². The largest absolute Gasteiger partial charge is 0.462 e. The van der Waals surface area contributed by atoms with Gasteiger partial charge in [-0.3, -0.25) is 4.79 Å². The number of amides is 1. The van der Waals surface area contributed by atoms with Crippen molar-refractivity contribution in [2.24, 2.45) is 5.92 Å². The zero-order valence-corrected chi connectivity index (χ0v) is 16.4. The van der Waals surface area contributed by atoms with Crippen molar-refractivity contribution in [1.29, 1.82) is 0 Å². The summed E-state index contributed by atoms with van der Waals surface area (Å²) >= 11 is 1.52. The van der Waals surface area contributed by atoms with Crippen LogP contribution in [0.25, 0.3) is 0 Å². The SMILES string of the molecule is CCCOC(=O)c1c(NC(=O)c2ccc(C)cc2)sc2c1CCC(C)C2. The molecule has 0 saturated carbocycles. The minimum absolute atomic E-state index is 0.193. The van der Waals surface area contributed by atoms with Crippen LogP contribution in [-0.4, -0.2) is 18.5 Å². The summed E-state index contributed by atoms with van der Waals surface area (Å²) in [5.41, 5.74) is 3.31. The van der Waals surface area contributed by atoms with Crippen LogP contribution in [-0.2, 0) is 17.6 Å². The molecule has 0 aliphatic heterocycles. The maximum absolute atomic E-state index is 12.6. The summed E-state index contributed by atoms with van der Waals surface area (Å²) in [6, 6.07) is 7.42. The van der Waals surface area contributed by atoms with Crippen LogP contribution in [0.15, 0.2) is 24.3 Å². The monoisotopic (exact) mass is 371 g/mol. The van der Waals surface area contributed by atoms with E-state index in [1.54, 1.807) is 12.1 Å². The van der Waals surface area contributed by atoms with Crippen molar-refractivity contribution in [3.05, 3.63) is 51.4 Å². The zero-order valence-electron chi connectivity index (χ0n) is 15.6. The number of fused-ring (bicyclic) bond motifs is 1. The Morgan fingerprint density at radius 1 is 1.27 bits per heavy atom. The number of anilines is 1. The van der Waals surface area contributed by atoms with Crippen LogP contribution < -0.4 is 5.32 Å². The molecule has 26 heavy (non-hydrogen) atoms. The Morgan fingerprint density at radius 2 is 2.00 bits per heavy atom. The number of carbonyl (C=O) groups is 2. The van der Waals surface area contributed by atoms with Crippen LogP contribution in [0.1, 0.15) is 63.4 Å². The minimum atomic E-state index is -0.321. The molecule has 1 amide bonds. The fourth-order valence-electron chi connectivity index (χ4n) is 3.20. The molecule has 0 radical (unpaired) electrons. The van der Waals surface area contributed by atoms with Gasteiger partial charge in [-0.05, 0) is 56.2 Å². The van der Waals surface area contributed by atoms with E-state index < -0.39 is 0 Å². The summed E-state index contributed by atoms with van der Waals surface area (Å²) < 4.78 is 5.39. The van der Waals surface area contributed by atoms with Crippen molar-refractivity contribution in [3.63, 3.8) is 0 Å². The fourth-order valence-corrected chi connectivity index (χ4v) is 4.60. The lowest BCUT2D eigenvalue weighted by Crippen LogP contribution is -2.17. The van der Waals surface area contributed by atoms with Crippen LogP contribution in [0.4, 0.5) is 5.00 Å². The standard InChI is InChI=1S/C21H25NO3S/c1-4-11-25-21(24)18-16-10-7-14(3)12-17(16)26-20(18)22-19(23)15-8-5-13(2)6-9-15/h5-6,8-9,14H,4,7,10-12H2,1-3H3,(H,22,23). The number of aryl methyl sites for hydroxylation is 1. The highest BCUT2D eigenvalue weighted by atomic mass is 32.1. The molecule has 5 heteroatoms. The first kappa shape index (κ1) is 18.6. The quantitative estimate of drug-likeness (QED) is 0.753. The Hall–Kier alpha value is -2.14. The topological polar surface area (TPSA) is 55.4 Å². The van der Waals surface area contributed by atoms with E-state index in [0.29, 0.717) is 28.7 Å². The number of rotatable bonds is 5. The number of benzene rings is 1. The molecule has 1 aromatic carbocycles. The van der Waals surface area contributed by atoms with Crippen LogP contribution in [0.5, 0.6) is 0 Å². The Labute approximate surface area is 158 Å². The number of carbonyl (C=O) groups excluding carboxylic acids is 2. The Kier molecular flexibility index (Phi) is 5.77. The Balaban J connectivity index is 1.91. The summed E-state index contributed by atoms with van der Waals surface area (Å²) in [6.07, 6.45) is 3.65. The third-order valence-corrected chi connectivity index (χ3v) is 5.86. The third kappa shape index (κ3) is 3.98. The van der Waals surface area contributed by atoms with E-state index in [0.717, 1.165) is 36.8 Å². The molecule has 0 fully saturated rings. The Bertz CT molecular complexity index is 807. The number of hydrogen-bond acceptors (Lipinski definition) is 4. The average molecular weight is 372 g/mol. The van der Waals surface area contributed by atoms with E-state index in [-0.39, 0.29) is 11.9 Å². The number of thiophene rings is 1. The smallest absolute Gasteiger partial charge is 0.341 e. The number of nitrogens with one attached hydrogen (secondary N) is 1. The highest BCUT2D eigenvalue weighted by Crippen LogP contribution is 2.40. The van der Waals surface area contributed by atoms with Gasteiger partial charge in [0.25, 0.3) is 5.91 Å². The zero-order chi connectivity index (χ0) is 18.7. The molecule has 0 spiro atoms. The van der Waals surface area contributed by atoms with Crippen LogP contribution in [0.2, 0.25) is 0 Å². The molecule has 2 aromatic rings. The molecule has 138 valence electrons. The Morgan fingerprint density at radius 3 is 2.69 bits per heavy atom. The highest BCUT2D eigenvalue weighted by molar-refractivity contribution is 7.17. The molecule has 1 atom stereocenters.